The molecule has 2 rings (SSSR count). The molecule has 0 heterocycles. The maximum atomic E-state index is 12.0. The van der Waals surface area contributed by atoms with Crippen LogP contribution in [0.25, 0.3) is 0 Å². The van der Waals surface area contributed by atoms with Gasteiger partial charge in [-0.1, -0.05) is 26.0 Å². The molecule has 1 aliphatic carbocycles. The second-order valence-electron chi connectivity index (χ2n) is 6.19. The van der Waals surface area contributed by atoms with E-state index in [9.17, 15) is 14.4 Å². The zero-order chi connectivity index (χ0) is 17.0. The van der Waals surface area contributed by atoms with Gasteiger partial charge in [-0.25, -0.2) is 0 Å². The van der Waals surface area contributed by atoms with Gasteiger partial charge in [0.05, 0.1) is 11.8 Å². The molecular formula is C17H22N2O4. The number of carboxylic acid groups (broad SMARTS) is 1. The van der Waals surface area contributed by atoms with Gasteiger partial charge in [-0.05, 0) is 30.5 Å². The molecule has 23 heavy (non-hydrogen) atoms. The SMILES string of the molecule is CC(C)C(=O)Nc1ccc(CNC(=O)C2CCC2C(=O)O)cc1. The molecule has 3 N–H and O–H groups in total. The monoisotopic (exact) mass is 318 g/mol. The Morgan fingerprint density at radius 2 is 1.74 bits per heavy atom. The molecule has 2 atom stereocenters. The first kappa shape index (κ1) is 17.0. The maximum absolute atomic E-state index is 12.0. The van der Waals surface area contributed by atoms with Crippen molar-refractivity contribution in [3.8, 4) is 0 Å². The molecule has 1 saturated carbocycles. The lowest BCUT2D eigenvalue weighted by molar-refractivity contribution is -0.152. The van der Waals surface area contributed by atoms with Crippen LogP contribution in [0, 0.1) is 17.8 Å². The summed E-state index contributed by atoms with van der Waals surface area (Å²) < 4.78 is 0. The van der Waals surface area contributed by atoms with E-state index in [1.165, 1.54) is 0 Å². The number of rotatable bonds is 6. The second-order valence-corrected chi connectivity index (χ2v) is 6.19. The van der Waals surface area contributed by atoms with Gasteiger partial charge in [-0.15, -0.1) is 0 Å². The molecule has 0 spiro atoms. The van der Waals surface area contributed by atoms with Gasteiger partial charge < -0.3 is 15.7 Å². The molecule has 1 aliphatic rings. The van der Waals surface area contributed by atoms with Crippen LogP contribution in [0.3, 0.4) is 0 Å². The number of carboxylic acids is 1. The summed E-state index contributed by atoms with van der Waals surface area (Å²) in [6.07, 6.45) is 1.20. The van der Waals surface area contributed by atoms with Crippen molar-refractivity contribution in [2.75, 3.05) is 5.32 Å². The number of carbonyl (C=O) groups excluding carboxylic acids is 2. The molecular weight excluding hydrogens is 296 g/mol. The molecule has 1 fully saturated rings. The number of aliphatic carboxylic acids is 1. The highest BCUT2D eigenvalue weighted by atomic mass is 16.4. The Kier molecular flexibility index (Phi) is 5.36. The fourth-order valence-corrected chi connectivity index (χ4v) is 2.42. The van der Waals surface area contributed by atoms with E-state index >= 15 is 0 Å². The number of hydrogen-bond acceptors (Lipinski definition) is 3. The van der Waals surface area contributed by atoms with Crippen LogP contribution in [-0.4, -0.2) is 22.9 Å². The van der Waals surface area contributed by atoms with Crippen molar-refractivity contribution in [1.29, 1.82) is 0 Å². The molecule has 2 amide bonds. The second kappa shape index (κ2) is 7.26. The van der Waals surface area contributed by atoms with Crippen LogP contribution < -0.4 is 10.6 Å². The van der Waals surface area contributed by atoms with E-state index in [4.69, 9.17) is 5.11 Å². The van der Waals surface area contributed by atoms with Gasteiger partial charge in [0.1, 0.15) is 0 Å². The highest BCUT2D eigenvalue weighted by molar-refractivity contribution is 5.92. The van der Waals surface area contributed by atoms with Gasteiger partial charge >= 0.3 is 5.97 Å². The van der Waals surface area contributed by atoms with Gasteiger partial charge in [0.15, 0.2) is 0 Å². The Balaban J connectivity index is 1.83. The summed E-state index contributed by atoms with van der Waals surface area (Å²) in [5, 5.41) is 14.5. The molecule has 6 heteroatoms. The minimum atomic E-state index is -0.901. The predicted molar refractivity (Wildman–Crippen MR) is 85.6 cm³/mol. The first-order chi connectivity index (χ1) is 10.9. The van der Waals surface area contributed by atoms with Crippen LogP contribution >= 0.6 is 0 Å². The van der Waals surface area contributed by atoms with Crippen molar-refractivity contribution < 1.29 is 19.5 Å². The van der Waals surface area contributed by atoms with Crippen molar-refractivity contribution in [2.45, 2.75) is 33.2 Å². The van der Waals surface area contributed by atoms with E-state index in [0.717, 1.165) is 5.56 Å². The lowest BCUT2D eigenvalue weighted by Gasteiger charge is -2.31. The molecule has 2 unspecified atom stereocenters. The van der Waals surface area contributed by atoms with Crippen molar-refractivity contribution in [3.05, 3.63) is 29.8 Å². The van der Waals surface area contributed by atoms with E-state index in [1.807, 2.05) is 26.0 Å². The van der Waals surface area contributed by atoms with Crippen LogP contribution in [0.2, 0.25) is 0 Å². The summed E-state index contributed by atoms with van der Waals surface area (Å²) >= 11 is 0. The smallest absolute Gasteiger partial charge is 0.307 e. The van der Waals surface area contributed by atoms with Gasteiger partial charge in [-0.2, -0.15) is 0 Å². The molecule has 0 aromatic heterocycles. The predicted octanol–water partition coefficient (Wildman–Crippen LogP) is 2.01. The number of carbonyl (C=O) groups is 3. The van der Waals surface area contributed by atoms with Crippen molar-refractivity contribution in [3.63, 3.8) is 0 Å². The number of anilines is 1. The van der Waals surface area contributed by atoms with Crippen LogP contribution in [0.4, 0.5) is 5.69 Å². The zero-order valence-corrected chi connectivity index (χ0v) is 13.3. The molecule has 1 aromatic rings. The first-order valence-corrected chi connectivity index (χ1v) is 7.79. The molecule has 0 bridgehead atoms. The third-order valence-corrected chi connectivity index (χ3v) is 4.14. The van der Waals surface area contributed by atoms with Crippen molar-refractivity contribution in [2.24, 2.45) is 17.8 Å². The van der Waals surface area contributed by atoms with E-state index in [1.54, 1.807) is 12.1 Å². The molecule has 0 saturated heterocycles. The number of amides is 2. The van der Waals surface area contributed by atoms with E-state index in [0.29, 0.717) is 25.1 Å². The van der Waals surface area contributed by atoms with Crippen LogP contribution in [0.15, 0.2) is 24.3 Å². The van der Waals surface area contributed by atoms with Crippen LogP contribution in [0.5, 0.6) is 0 Å². The number of hydrogen-bond donors (Lipinski definition) is 3. The molecule has 6 nitrogen and oxygen atoms in total. The van der Waals surface area contributed by atoms with Crippen molar-refractivity contribution >= 4 is 23.5 Å². The number of benzene rings is 1. The zero-order valence-electron chi connectivity index (χ0n) is 13.3. The summed E-state index contributed by atoms with van der Waals surface area (Å²) in [6, 6.07) is 7.22. The molecule has 1 aromatic carbocycles. The molecule has 0 aliphatic heterocycles. The largest absolute Gasteiger partial charge is 0.481 e. The first-order valence-electron chi connectivity index (χ1n) is 7.79. The fourth-order valence-electron chi connectivity index (χ4n) is 2.42. The van der Waals surface area contributed by atoms with Gasteiger partial charge in [0.25, 0.3) is 0 Å². The Morgan fingerprint density at radius 1 is 1.13 bits per heavy atom. The third-order valence-electron chi connectivity index (χ3n) is 4.14. The Morgan fingerprint density at radius 3 is 2.22 bits per heavy atom. The summed E-state index contributed by atoms with van der Waals surface area (Å²) in [4.78, 5) is 34.5. The summed E-state index contributed by atoms with van der Waals surface area (Å²) in [5.74, 6) is -2.21. The summed E-state index contributed by atoms with van der Waals surface area (Å²) in [7, 11) is 0. The van der Waals surface area contributed by atoms with Crippen LogP contribution in [-0.2, 0) is 20.9 Å². The lowest BCUT2D eigenvalue weighted by atomic mass is 9.73. The third kappa shape index (κ3) is 4.31. The maximum Gasteiger partial charge on any atom is 0.307 e. The summed E-state index contributed by atoms with van der Waals surface area (Å²) in [5.41, 5.74) is 1.61. The minimum Gasteiger partial charge on any atom is -0.481 e. The fraction of sp³-hybridized carbons (Fsp3) is 0.471. The molecule has 124 valence electrons. The van der Waals surface area contributed by atoms with E-state index in [2.05, 4.69) is 10.6 Å². The topological polar surface area (TPSA) is 95.5 Å². The highest BCUT2D eigenvalue weighted by Crippen LogP contribution is 2.34. The summed E-state index contributed by atoms with van der Waals surface area (Å²) in [6.45, 7) is 3.99. The van der Waals surface area contributed by atoms with Gasteiger partial charge in [-0.3, -0.25) is 14.4 Å². The van der Waals surface area contributed by atoms with Crippen molar-refractivity contribution in [1.82, 2.24) is 5.32 Å². The normalized spacial score (nSPS) is 19.8. The Labute approximate surface area is 135 Å². The standard InChI is InChI=1S/C17H22N2O4/c1-10(2)15(20)19-12-5-3-11(4-6-12)9-18-16(21)13-7-8-14(13)17(22)23/h3-6,10,13-14H,7-9H2,1-2H3,(H,18,21)(H,19,20)(H,22,23). The van der Waals surface area contributed by atoms with E-state index in [-0.39, 0.29) is 17.7 Å². The lowest BCUT2D eigenvalue weighted by Crippen LogP contribution is -2.43. The highest BCUT2D eigenvalue weighted by Gasteiger charge is 2.41. The van der Waals surface area contributed by atoms with E-state index < -0.39 is 17.8 Å². The van der Waals surface area contributed by atoms with Gasteiger partial charge in [0, 0.05) is 18.2 Å². The average Bonchev–Trinajstić information content (AvgIpc) is 2.44. The average molecular weight is 318 g/mol. The Bertz CT molecular complexity index is 595. The minimum absolute atomic E-state index is 0.0456. The molecule has 0 radical (unpaired) electrons. The quantitative estimate of drug-likeness (QED) is 0.747. The number of nitrogens with one attached hydrogen (secondary N) is 2. The Hall–Kier alpha value is -2.37. The van der Waals surface area contributed by atoms with Gasteiger partial charge in [0.2, 0.25) is 11.8 Å². The van der Waals surface area contributed by atoms with Crippen LogP contribution in [0.1, 0.15) is 32.3 Å².